The van der Waals surface area contributed by atoms with E-state index in [1.807, 2.05) is 6.08 Å². The Morgan fingerprint density at radius 3 is 2.72 bits per heavy atom. The molecule has 29 heavy (non-hydrogen) atoms. The van der Waals surface area contributed by atoms with Crippen LogP contribution in [-0.4, -0.2) is 55.9 Å². The van der Waals surface area contributed by atoms with Gasteiger partial charge >= 0.3 is 0 Å². The molecule has 1 aliphatic carbocycles. The number of aliphatic hydroxyl groups is 1. The first-order valence-electron chi connectivity index (χ1n) is 10.8. The van der Waals surface area contributed by atoms with Gasteiger partial charge in [0.2, 0.25) is 5.91 Å². The Labute approximate surface area is 175 Å². The third-order valence-electron chi connectivity index (χ3n) is 5.54. The van der Waals surface area contributed by atoms with E-state index in [1.54, 1.807) is 20.1 Å². The second-order valence-corrected chi connectivity index (χ2v) is 7.76. The minimum absolute atomic E-state index is 0.0899. The fraction of sp³-hybridized carbons (Fsp3) is 0.739. The quantitative estimate of drug-likeness (QED) is 0.340. The summed E-state index contributed by atoms with van der Waals surface area (Å²) in [5, 5.41) is 13.0. The van der Waals surface area contributed by atoms with E-state index in [9.17, 15) is 14.7 Å². The summed E-state index contributed by atoms with van der Waals surface area (Å²) in [5.41, 5.74) is 0.642. The summed E-state index contributed by atoms with van der Waals surface area (Å²) in [4.78, 5) is 24.5. The van der Waals surface area contributed by atoms with Crippen LogP contribution >= 0.6 is 0 Å². The number of ether oxygens (including phenoxy) is 2. The maximum absolute atomic E-state index is 12.3. The van der Waals surface area contributed by atoms with E-state index in [2.05, 4.69) is 18.3 Å². The monoisotopic (exact) mass is 409 g/mol. The van der Waals surface area contributed by atoms with E-state index in [-0.39, 0.29) is 24.3 Å². The van der Waals surface area contributed by atoms with Crippen LogP contribution in [0.2, 0.25) is 0 Å². The first-order valence-corrected chi connectivity index (χ1v) is 10.8. The van der Waals surface area contributed by atoms with E-state index in [4.69, 9.17) is 9.47 Å². The molecular formula is C23H39NO5. The third kappa shape index (κ3) is 9.24. The van der Waals surface area contributed by atoms with Crippen molar-refractivity contribution in [3.8, 4) is 0 Å². The van der Waals surface area contributed by atoms with Gasteiger partial charge in [-0.25, -0.2) is 0 Å². The fourth-order valence-corrected chi connectivity index (χ4v) is 3.59. The van der Waals surface area contributed by atoms with E-state index < -0.39 is 18.1 Å². The molecule has 2 N–H and O–H groups in total. The Morgan fingerprint density at radius 2 is 2.07 bits per heavy atom. The van der Waals surface area contributed by atoms with Crippen molar-refractivity contribution in [1.29, 1.82) is 0 Å². The van der Waals surface area contributed by atoms with Crippen LogP contribution in [-0.2, 0) is 19.1 Å². The Balaban J connectivity index is 2.33. The van der Waals surface area contributed by atoms with Gasteiger partial charge in [0.25, 0.3) is 0 Å². The summed E-state index contributed by atoms with van der Waals surface area (Å²) >= 11 is 0. The summed E-state index contributed by atoms with van der Waals surface area (Å²) < 4.78 is 10.9. The molecule has 0 radical (unpaired) electrons. The summed E-state index contributed by atoms with van der Waals surface area (Å²) in [5.74, 6) is -0.837. The van der Waals surface area contributed by atoms with Crippen LogP contribution < -0.4 is 5.32 Å². The van der Waals surface area contributed by atoms with Gasteiger partial charge in [-0.15, -0.1) is 0 Å². The molecule has 0 fully saturated rings. The molecule has 0 spiro atoms. The normalized spacial score (nSPS) is 21.8. The predicted molar refractivity (Wildman–Crippen MR) is 115 cm³/mol. The first kappa shape index (κ1) is 25.5. The van der Waals surface area contributed by atoms with Crippen LogP contribution in [0.3, 0.4) is 0 Å². The molecule has 0 bridgehead atoms. The average Bonchev–Trinajstić information content (AvgIpc) is 2.71. The Kier molecular flexibility index (Phi) is 12.7. The van der Waals surface area contributed by atoms with Gasteiger partial charge in [0, 0.05) is 27.2 Å². The molecule has 6 nitrogen and oxygen atoms in total. The van der Waals surface area contributed by atoms with Crippen LogP contribution in [0.5, 0.6) is 0 Å². The number of methoxy groups -OCH3 is 2. The molecule has 0 aromatic carbocycles. The van der Waals surface area contributed by atoms with Crippen molar-refractivity contribution in [2.24, 2.45) is 5.92 Å². The molecule has 1 rings (SSSR count). The number of carbonyl (C=O) groups is 2. The highest BCUT2D eigenvalue weighted by Crippen LogP contribution is 2.25. The number of carbonyl (C=O) groups excluding carboxylic acids is 2. The molecule has 6 heteroatoms. The summed E-state index contributed by atoms with van der Waals surface area (Å²) in [7, 11) is 3.25. The zero-order chi connectivity index (χ0) is 21.6. The molecule has 166 valence electrons. The van der Waals surface area contributed by atoms with Crippen molar-refractivity contribution in [1.82, 2.24) is 5.32 Å². The Morgan fingerprint density at radius 1 is 1.31 bits per heavy atom. The lowest BCUT2D eigenvalue weighted by Crippen LogP contribution is -2.47. The van der Waals surface area contributed by atoms with Crippen LogP contribution in [0.1, 0.15) is 65.2 Å². The SMILES string of the molecule is CCCCC[C@@H](C/C=C/CCC(=O)NC[C@@H](OC)C1C(=O)C(C)=CC[C@H]1O)OC. The minimum atomic E-state index is -0.776. The standard InChI is InChI=1S/C23H39NO5/c1-5-6-8-11-18(28-3)12-9-7-10-13-21(26)24-16-20(29-4)22-19(25)15-14-17(2)23(22)27/h7,9,14,18-20,22,25H,5-6,8,10-13,15-16H2,1-4H3,(H,24,26)/b9-7+/t18-,19+,20+,22?/m0/s1. The molecule has 1 amide bonds. The highest BCUT2D eigenvalue weighted by molar-refractivity contribution is 5.98. The van der Waals surface area contributed by atoms with Gasteiger partial charge in [-0.3, -0.25) is 9.59 Å². The van der Waals surface area contributed by atoms with Gasteiger partial charge in [0.1, 0.15) is 0 Å². The summed E-state index contributed by atoms with van der Waals surface area (Å²) in [6, 6.07) is 0. The number of rotatable bonds is 14. The molecule has 0 saturated carbocycles. The summed E-state index contributed by atoms with van der Waals surface area (Å²) in [6.07, 6.45) is 11.8. The van der Waals surface area contributed by atoms with Gasteiger partial charge in [0.15, 0.2) is 5.78 Å². The number of unbranched alkanes of at least 4 members (excludes halogenated alkanes) is 2. The number of hydrogen-bond donors (Lipinski definition) is 2. The van der Waals surface area contributed by atoms with Gasteiger partial charge < -0.3 is 19.9 Å². The van der Waals surface area contributed by atoms with Crippen molar-refractivity contribution >= 4 is 11.7 Å². The van der Waals surface area contributed by atoms with Gasteiger partial charge in [-0.1, -0.05) is 44.4 Å². The van der Waals surface area contributed by atoms with Crippen molar-refractivity contribution in [2.45, 2.75) is 83.5 Å². The number of aliphatic hydroxyl groups excluding tert-OH is 1. The number of amides is 1. The van der Waals surface area contributed by atoms with Crippen molar-refractivity contribution in [2.75, 3.05) is 20.8 Å². The molecule has 0 aromatic rings. The van der Waals surface area contributed by atoms with Gasteiger partial charge in [-0.05, 0) is 38.2 Å². The van der Waals surface area contributed by atoms with E-state index in [0.717, 1.165) is 12.8 Å². The fourth-order valence-electron chi connectivity index (χ4n) is 3.59. The zero-order valence-corrected chi connectivity index (χ0v) is 18.5. The number of Topliss-reactive ketones (excluding diaryl/α,β-unsaturated/α-hetero) is 1. The molecule has 0 aromatic heterocycles. The van der Waals surface area contributed by atoms with Crippen molar-refractivity contribution < 1.29 is 24.2 Å². The zero-order valence-electron chi connectivity index (χ0n) is 18.5. The van der Waals surface area contributed by atoms with Crippen molar-refractivity contribution in [3.63, 3.8) is 0 Å². The number of allylic oxidation sites excluding steroid dienone is 2. The lowest BCUT2D eigenvalue weighted by atomic mass is 9.82. The van der Waals surface area contributed by atoms with Crippen LogP contribution in [0.15, 0.2) is 23.8 Å². The molecule has 1 aliphatic rings. The molecule has 0 aliphatic heterocycles. The second-order valence-electron chi connectivity index (χ2n) is 7.76. The summed E-state index contributed by atoms with van der Waals surface area (Å²) in [6.45, 7) is 4.15. The highest BCUT2D eigenvalue weighted by Gasteiger charge is 2.37. The maximum Gasteiger partial charge on any atom is 0.220 e. The Bertz CT molecular complexity index is 557. The molecule has 4 atom stereocenters. The second kappa shape index (κ2) is 14.5. The van der Waals surface area contributed by atoms with Crippen LogP contribution in [0.25, 0.3) is 0 Å². The van der Waals surface area contributed by atoms with E-state index in [1.165, 1.54) is 26.4 Å². The average molecular weight is 410 g/mol. The molecular weight excluding hydrogens is 370 g/mol. The number of hydrogen-bond acceptors (Lipinski definition) is 5. The molecule has 1 unspecified atom stereocenters. The van der Waals surface area contributed by atoms with Crippen molar-refractivity contribution in [3.05, 3.63) is 23.8 Å². The number of ketones is 1. The van der Waals surface area contributed by atoms with Crippen LogP contribution in [0.4, 0.5) is 0 Å². The lowest BCUT2D eigenvalue weighted by Gasteiger charge is -2.31. The minimum Gasteiger partial charge on any atom is -0.392 e. The van der Waals surface area contributed by atoms with E-state index >= 15 is 0 Å². The largest absolute Gasteiger partial charge is 0.392 e. The lowest BCUT2D eigenvalue weighted by molar-refractivity contribution is -0.132. The van der Waals surface area contributed by atoms with Gasteiger partial charge in [0.05, 0.1) is 24.2 Å². The first-order chi connectivity index (χ1) is 13.9. The highest BCUT2D eigenvalue weighted by atomic mass is 16.5. The van der Waals surface area contributed by atoms with Crippen LogP contribution in [0, 0.1) is 5.92 Å². The predicted octanol–water partition coefficient (Wildman–Crippen LogP) is 3.34. The smallest absolute Gasteiger partial charge is 0.220 e. The molecule has 0 saturated heterocycles. The van der Waals surface area contributed by atoms with Gasteiger partial charge in [-0.2, -0.15) is 0 Å². The molecule has 0 heterocycles. The maximum atomic E-state index is 12.3. The third-order valence-corrected chi connectivity index (χ3v) is 5.54. The number of nitrogens with one attached hydrogen (secondary N) is 1. The Hall–Kier alpha value is -1.50. The van der Waals surface area contributed by atoms with E-state index in [0.29, 0.717) is 24.8 Å². The topological polar surface area (TPSA) is 84.9 Å².